The summed E-state index contributed by atoms with van der Waals surface area (Å²) in [5, 5.41) is 11.7. The highest BCUT2D eigenvalue weighted by atomic mass is 35.5. The lowest BCUT2D eigenvalue weighted by atomic mass is 10.1. The fourth-order valence-corrected chi connectivity index (χ4v) is 3.56. The van der Waals surface area contributed by atoms with Crippen LogP contribution in [0.5, 0.6) is 0 Å². The number of nitrogens with zero attached hydrogens (tertiary/aromatic N) is 2. The molecule has 1 amide bonds. The zero-order valence-electron chi connectivity index (χ0n) is 15.3. The Morgan fingerprint density at radius 1 is 1.19 bits per heavy atom. The number of hydrogen-bond donors (Lipinski definition) is 1. The Morgan fingerprint density at radius 3 is 2.59 bits per heavy atom. The molecule has 0 aliphatic heterocycles. The molecule has 27 heavy (non-hydrogen) atoms. The van der Waals surface area contributed by atoms with Gasteiger partial charge in [-0.05, 0) is 44.5 Å². The highest BCUT2D eigenvalue weighted by Gasteiger charge is 2.19. The van der Waals surface area contributed by atoms with Crippen molar-refractivity contribution >= 4 is 29.3 Å². The minimum Gasteiger partial charge on any atom is -0.411 e. The van der Waals surface area contributed by atoms with Gasteiger partial charge < -0.3 is 9.73 Å². The molecule has 0 spiro atoms. The lowest BCUT2D eigenvalue weighted by Crippen LogP contribution is -2.30. The fraction of sp³-hybridized carbons (Fsp3) is 0.250. The van der Waals surface area contributed by atoms with Crippen LogP contribution in [0.2, 0.25) is 5.02 Å². The number of carbonyl (C=O) groups excluding carboxylic acids is 1. The Bertz CT molecular complexity index is 938. The molecule has 0 radical (unpaired) electrons. The molecule has 5 nitrogen and oxygen atoms in total. The molecular weight excluding hydrogens is 382 g/mol. The summed E-state index contributed by atoms with van der Waals surface area (Å²) >= 11 is 7.34. The average Bonchev–Trinajstić information content (AvgIpc) is 3.08. The van der Waals surface area contributed by atoms with Crippen molar-refractivity contribution in [2.75, 3.05) is 0 Å². The van der Waals surface area contributed by atoms with Gasteiger partial charge in [0.15, 0.2) is 0 Å². The van der Waals surface area contributed by atoms with Gasteiger partial charge in [0.05, 0.1) is 5.25 Å². The van der Waals surface area contributed by atoms with Gasteiger partial charge in [0.25, 0.3) is 5.22 Å². The van der Waals surface area contributed by atoms with E-state index >= 15 is 0 Å². The lowest BCUT2D eigenvalue weighted by molar-refractivity contribution is -0.120. The number of carbonyl (C=O) groups is 1. The molecule has 3 aromatic rings. The number of thioether (sulfide) groups is 1. The first-order valence-electron chi connectivity index (χ1n) is 8.52. The van der Waals surface area contributed by atoms with Crippen LogP contribution in [0.25, 0.3) is 11.5 Å². The Morgan fingerprint density at radius 2 is 1.89 bits per heavy atom. The maximum atomic E-state index is 12.3. The number of benzene rings is 2. The van der Waals surface area contributed by atoms with Crippen LogP contribution in [-0.2, 0) is 11.3 Å². The van der Waals surface area contributed by atoms with Crippen LogP contribution in [-0.4, -0.2) is 21.4 Å². The summed E-state index contributed by atoms with van der Waals surface area (Å²) in [7, 11) is 0. The smallest absolute Gasteiger partial charge is 0.277 e. The van der Waals surface area contributed by atoms with Crippen LogP contribution in [0.1, 0.15) is 23.6 Å². The van der Waals surface area contributed by atoms with E-state index in [0.717, 1.165) is 22.3 Å². The second-order valence-electron chi connectivity index (χ2n) is 6.32. The van der Waals surface area contributed by atoms with E-state index in [9.17, 15) is 4.79 Å². The van der Waals surface area contributed by atoms with Crippen molar-refractivity contribution in [2.45, 2.75) is 37.8 Å². The normalized spacial score (nSPS) is 12.0. The highest BCUT2D eigenvalue weighted by molar-refractivity contribution is 8.00. The second kappa shape index (κ2) is 8.59. The van der Waals surface area contributed by atoms with Crippen LogP contribution in [0.4, 0.5) is 0 Å². The standard InChI is InChI=1S/C20H20ClN3O2S/c1-12-8-13(2)10-16(9-12)19-23-24-20(26-19)27-14(3)18(25)22-11-15-6-4-5-7-17(15)21/h4-10,14H,11H2,1-3H3,(H,22,25)/t14-/m0/s1. The number of rotatable bonds is 6. The quantitative estimate of drug-likeness (QED) is 0.600. The SMILES string of the molecule is Cc1cc(C)cc(-c2nnc(S[C@@H](C)C(=O)NCc3ccccc3Cl)o2)c1. The first-order valence-corrected chi connectivity index (χ1v) is 9.78. The summed E-state index contributed by atoms with van der Waals surface area (Å²) in [5.41, 5.74) is 4.01. The van der Waals surface area contributed by atoms with E-state index in [1.54, 1.807) is 13.0 Å². The average molecular weight is 402 g/mol. The maximum Gasteiger partial charge on any atom is 0.277 e. The van der Waals surface area contributed by atoms with E-state index in [4.69, 9.17) is 16.0 Å². The molecule has 1 heterocycles. The van der Waals surface area contributed by atoms with Crippen molar-refractivity contribution in [3.05, 3.63) is 64.2 Å². The van der Waals surface area contributed by atoms with E-state index in [1.165, 1.54) is 11.8 Å². The topological polar surface area (TPSA) is 68.0 Å². The summed E-state index contributed by atoms with van der Waals surface area (Å²) in [6, 6.07) is 13.5. The molecule has 1 aromatic heterocycles. The van der Waals surface area contributed by atoms with Crippen LogP contribution >= 0.6 is 23.4 Å². The van der Waals surface area contributed by atoms with Crippen molar-refractivity contribution in [3.8, 4) is 11.5 Å². The fourth-order valence-electron chi connectivity index (χ4n) is 2.64. The van der Waals surface area contributed by atoms with Crippen molar-refractivity contribution in [1.29, 1.82) is 0 Å². The maximum absolute atomic E-state index is 12.3. The van der Waals surface area contributed by atoms with Gasteiger partial charge in [-0.2, -0.15) is 0 Å². The van der Waals surface area contributed by atoms with Gasteiger partial charge in [0.2, 0.25) is 11.8 Å². The molecule has 0 saturated carbocycles. The minimum absolute atomic E-state index is 0.119. The second-order valence-corrected chi connectivity index (χ2v) is 8.02. The predicted octanol–water partition coefficient (Wildman–Crippen LogP) is 4.80. The predicted molar refractivity (Wildman–Crippen MR) is 108 cm³/mol. The third-order valence-corrected chi connectivity index (χ3v) is 5.24. The Balaban J connectivity index is 1.61. The molecule has 1 N–H and O–H groups in total. The van der Waals surface area contributed by atoms with Gasteiger partial charge in [-0.25, -0.2) is 0 Å². The van der Waals surface area contributed by atoms with Gasteiger partial charge in [-0.3, -0.25) is 4.79 Å². The van der Waals surface area contributed by atoms with Crippen molar-refractivity contribution in [2.24, 2.45) is 0 Å². The molecule has 2 aromatic carbocycles. The first kappa shape index (κ1) is 19.5. The molecule has 0 unspecified atom stereocenters. The van der Waals surface area contributed by atoms with Gasteiger partial charge in [-0.15, -0.1) is 10.2 Å². The van der Waals surface area contributed by atoms with E-state index in [-0.39, 0.29) is 11.2 Å². The van der Waals surface area contributed by atoms with Gasteiger partial charge in [0.1, 0.15) is 0 Å². The number of halogens is 1. The Hall–Kier alpha value is -2.31. The van der Waals surface area contributed by atoms with Crippen LogP contribution in [0.15, 0.2) is 52.1 Å². The Labute approximate surface area is 167 Å². The first-order chi connectivity index (χ1) is 12.9. The Kier molecular flexibility index (Phi) is 6.19. The van der Waals surface area contributed by atoms with Gasteiger partial charge in [-0.1, -0.05) is 58.8 Å². The third-order valence-electron chi connectivity index (χ3n) is 3.93. The zero-order chi connectivity index (χ0) is 19.4. The van der Waals surface area contributed by atoms with Gasteiger partial charge >= 0.3 is 0 Å². The van der Waals surface area contributed by atoms with Crippen LogP contribution < -0.4 is 5.32 Å². The van der Waals surface area contributed by atoms with Crippen LogP contribution in [0, 0.1) is 13.8 Å². The summed E-state index contributed by atoms with van der Waals surface area (Å²) in [5.74, 6) is 0.332. The van der Waals surface area contributed by atoms with Crippen molar-refractivity contribution < 1.29 is 9.21 Å². The molecule has 3 rings (SSSR count). The molecule has 0 saturated heterocycles. The minimum atomic E-state index is -0.375. The number of hydrogen-bond acceptors (Lipinski definition) is 5. The summed E-state index contributed by atoms with van der Waals surface area (Å²) in [4.78, 5) is 12.3. The van der Waals surface area contributed by atoms with Crippen molar-refractivity contribution in [1.82, 2.24) is 15.5 Å². The molecular formula is C20H20ClN3O2S. The molecule has 0 aliphatic carbocycles. The van der Waals surface area contributed by atoms with Crippen LogP contribution in [0.3, 0.4) is 0 Å². The largest absolute Gasteiger partial charge is 0.411 e. The summed E-state index contributed by atoms with van der Waals surface area (Å²) < 4.78 is 5.72. The molecule has 0 bridgehead atoms. The summed E-state index contributed by atoms with van der Waals surface area (Å²) in [6.45, 7) is 6.22. The number of aromatic nitrogens is 2. The monoisotopic (exact) mass is 401 g/mol. The third kappa shape index (κ3) is 5.11. The number of amides is 1. The van der Waals surface area contributed by atoms with E-state index < -0.39 is 0 Å². The molecule has 1 atom stereocenters. The molecule has 0 aliphatic rings. The molecule has 7 heteroatoms. The number of nitrogens with one attached hydrogen (secondary N) is 1. The van der Waals surface area contributed by atoms with Gasteiger partial charge in [0, 0.05) is 17.1 Å². The zero-order valence-corrected chi connectivity index (χ0v) is 16.9. The lowest BCUT2D eigenvalue weighted by Gasteiger charge is -2.10. The molecule has 140 valence electrons. The van der Waals surface area contributed by atoms with E-state index in [1.807, 2.05) is 44.2 Å². The van der Waals surface area contributed by atoms with E-state index in [0.29, 0.717) is 22.7 Å². The number of aryl methyl sites for hydroxylation is 2. The summed E-state index contributed by atoms with van der Waals surface area (Å²) in [6.07, 6.45) is 0. The van der Waals surface area contributed by atoms with E-state index in [2.05, 4.69) is 21.6 Å². The highest BCUT2D eigenvalue weighted by Crippen LogP contribution is 2.27. The van der Waals surface area contributed by atoms with Crippen molar-refractivity contribution in [3.63, 3.8) is 0 Å². The molecule has 0 fully saturated rings.